The highest BCUT2D eigenvalue weighted by Gasteiger charge is 2.11. The zero-order valence-corrected chi connectivity index (χ0v) is 12.2. The molecule has 6 heteroatoms. The Morgan fingerprint density at radius 2 is 2.10 bits per heavy atom. The number of imidazole rings is 1. The topological polar surface area (TPSA) is 66.5 Å². The summed E-state index contributed by atoms with van der Waals surface area (Å²) in [6.45, 7) is 4.90. The summed E-state index contributed by atoms with van der Waals surface area (Å²) < 4.78 is 0. The summed E-state index contributed by atoms with van der Waals surface area (Å²) in [5.41, 5.74) is 2.79. The van der Waals surface area contributed by atoms with Crippen LogP contribution in [-0.2, 0) is 0 Å². The van der Waals surface area contributed by atoms with Crippen LogP contribution in [0, 0.1) is 6.92 Å². The second-order valence-corrected chi connectivity index (χ2v) is 5.38. The summed E-state index contributed by atoms with van der Waals surface area (Å²) in [5.74, 6) is 0.614. The smallest absolute Gasteiger partial charge is 0.225 e. The maximum Gasteiger partial charge on any atom is 0.225 e. The highest BCUT2D eigenvalue weighted by molar-refractivity contribution is 7.99. The minimum absolute atomic E-state index is 0.614. The fourth-order valence-electron chi connectivity index (χ4n) is 1.89. The maximum absolute atomic E-state index is 4.57. The number of fused-ring (bicyclic) bond motifs is 1. The van der Waals surface area contributed by atoms with Gasteiger partial charge < -0.3 is 10.3 Å². The summed E-state index contributed by atoms with van der Waals surface area (Å²) in [6, 6.07) is 8.26. The molecule has 0 fully saturated rings. The van der Waals surface area contributed by atoms with E-state index in [4.69, 9.17) is 0 Å². The normalized spacial score (nSPS) is 10.9. The van der Waals surface area contributed by atoms with Gasteiger partial charge in [0, 0.05) is 11.4 Å². The van der Waals surface area contributed by atoms with Crippen LogP contribution in [0.3, 0.4) is 0 Å². The number of nitrogens with one attached hydrogen (secondary N) is 2. The number of nitrogens with zero attached hydrogens (tertiary/aromatic N) is 3. The zero-order chi connectivity index (χ0) is 13.9. The molecule has 2 heterocycles. The predicted molar refractivity (Wildman–Crippen MR) is 81.1 cm³/mol. The third-order valence-electron chi connectivity index (χ3n) is 2.89. The minimum atomic E-state index is 0.614. The first-order valence-corrected chi connectivity index (χ1v) is 7.28. The molecule has 0 aliphatic heterocycles. The lowest BCUT2D eigenvalue weighted by molar-refractivity contribution is 1.04. The Labute approximate surface area is 121 Å². The second kappa shape index (κ2) is 5.50. The van der Waals surface area contributed by atoms with Gasteiger partial charge in [-0.05, 0) is 25.5 Å². The van der Waals surface area contributed by atoms with E-state index in [9.17, 15) is 0 Å². The van der Waals surface area contributed by atoms with Crippen LogP contribution in [0.1, 0.15) is 12.5 Å². The molecule has 2 N–H and O–H groups in total. The highest BCUT2D eigenvalue weighted by atomic mass is 32.2. The number of hydrogen-bond acceptors (Lipinski definition) is 5. The van der Waals surface area contributed by atoms with E-state index in [1.807, 2.05) is 19.1 Å². The molecule has 20 heavy (non-hydrogen) atoms. The van der Waals surface area contributed by atoms with Gasteiger partial charge in [0.15, 0.2) is 5.65 Å². The number of benzene rings is 1. The largest absolute Gasteiger partial charge is 0.354 e. The van der Waals surface area contributed by atoms with Crippen molar-refractivity contribution in [3.63, 3.8) is 0 Å². The van der Waals surface area contributed by atoms with Crippen LogP contribution < -0.4 is 5.32 Å². The average molecular weight is 285 g/mol. The monoisotopic (exact) mass is 285 g/mol. The van der Waals surface area contributed by atoms with Crippen molar-refractivity contribution in [2.45, 2.75) is 23.8 Å². The van der Waals surface area contributed by atoms with Gasteiger partial charge in [-0.1, -0.05) is 30.0 Å². The van der Waals surface area contributed by atoms with Gasteiger partial charge in [0.25, 0.3) is 0 Å². The van der Waals surface area contributed by atoms with Crippen LogP contribution in [0.4, 0.5) is 5.95 Å². The molecule has 0 atom stereocenters. The van der Waals surface area contributed by atoms with Gasteiger partial charge in [-0.25, -0.2) is 9.97 Å². The highest BCUT2D eigenvalue weighted by Crippen LogP contribution is 2.32. The SMILES string of the molecule is CCNc1nc(Sc2ccccc2C)c2[nH]cnc2n1. The Balaban J connectivity index is 2.05. The molecule has 0 radical (unpaired) electrons. The molecule has 0 saturated heterocycles. The van der Waals surface area contributed by atoms with Gasteiger partial charge in [0.1, 0.15) is 10.5 Å². The molecular weight excluding hydrogens is 270 g/mol. The number of hydrogen-bond donors (Lipinski definition) is 2. The molecule has 0 spiro atoms. The van der Waals surface area contributed by atoms with Crippen LogP contribution >= 0.6 is 11.8 Å². The Morgan fingerprint density at radius 3 is 2.90 bits per heavy atom. The van der Waals surface area contributed by atoms with Crippen molar-refractivity contribution in [2.75, 3.05) is 11.9 Å². The Morgan fingerprint density at radius 1 is 1.25 bits per heavy atom. The molecular formula is C14H15N5S. The van der Waals surface area contributed by atoms with Gasteiger partial charge in [-0.15, -0.1) is 0 Å². The molecule has 0 unspecified atom stereocenters. The lowest BCUT2D eigenvalue weighted by Gasteiger charge is -2.07. The van der Waals surface area contributed by atoms with Crippen LogP contribution in [0.5, 0.6) is 0 Å². The number of rotatable bonds is 4. The van der Waals surface area contributed by atoms with Gasteiger partial charge >= 0.3 is 0 Å². The summed E-state index contributed by atoms with van der Waals surface area (Å²) in [4.78, 5) is 17.5. The number of aromatic nitrogens is 4. The number of anilines is 1. The average Bonchev–Trinajstić information content (AvgIpc) is 2.90. The maximum atomic E-state index is 4.57. The standard InChI is InChI=1S/C14H15N5S/c1-3-15-14-18-12-11(16-8-17-12)13(19-14)20-10-7-5-4-6-9(10)2/h4-8H,3H2,1-2H3,(H2,15,16,17,18,19). The molecule has 3 rings (SSSR count). The first kappa shape index (κ1) is 12.9. The third-order valence-corrected chi connectivity index (χ3v) is 4.05. The number of H-pyrrole nitrogens is 1. The molecule has 2 aromatic heterocycles. The molecule has 0 aliphatic carbocycles. The summed E-state index contributed by atoms with van der Waals surface area (Å²) in [7, 11) is 0. The van der Waals surface area contributed by atoms with E-state index >= 15 is 0 Å². The Kier molecular flexibility index (Phi) is 3.56. The van der Waals surface area contributed by atoms with Gasteiger partial charge in [-0.2, -0.15) is 4.98 Å². The van der Waals surface area contributed by atoms with Gasteiger partial charge in [-0.3, -0.25) is 0 Å². The van der Waals surface area contributed by atoms with Crippen molar-refractivity contribution in [1.82, 2.24) is 19.9 Å². The van der Waals surface area contributed by atoms with Crippen LogP contribution in [0.2, 0.25) is 0 Å². The van der Waals surface area contributed by atoms with E-state index in [0.717, 1.165) is 17.1 Å². The van der Waals surface area contributed by atoms with Crippen molar-refractivity contribution >= 4 is 28.9 Å². The molecule has 3 aromatic rings. The second-order valence-electron chi connectivity index (χ2n) is 4.35. The molecule has 1 aromatic carbocycles. The number of aromatic amines is 1. The Hall–Kier alpha value is -2.08. The van der Waals surface area contributed by atoms with Crippen LogP contribution in [0.15, 0.2) is 40.5 Å². The molecule has 0 bridgehead atoms. The quantitative estimate of drug-likeness (QED) is 0.720. The van der Waals surface area contributed by atoms with E-state index in [-0.39, 0.29) is 0 Å². The van der Waals surface area contributed by atoms with E-state index < -0.39 is 0 Å². The summed E-state index contributed by atoms with van der Waals surface area (Å²) in [5, 5.41) is 4.03. The molecule has 0 saturated carbocycles. The Bertz CT molecular complexity index is 737. The lowest BCUT2D eigenvalue weighted by Crippen LogP contribution is -2.03. The number of aryl methyl sites for hydroxylation is 1. The minimum Gasteiger partial charge on any atom is -0.354 e. The van der Waals surface area contributed by atoms with Crippen molar-refractivity contribution < 1.29 is 0 Å². The van der Waals surface area contributed by atoms with E-state index in [0.29, 0.717) is 11.6 Å². The molecule has 102 valence electrons. The van der Waals surface area contributed by atoms with Crippen LogP contribution in [-0.4, -0.2) is 26.5 Å². The van der Waals surface area contributed by atoms with Crippen LogP contribution in [0.25, 0.3) is 11.2 Å². The fourth-order valence-corrected chi connectivity index (χ4v) is 2.86. The van der Waals surface area contributed by atoms with Crippen molar-refractivity contribution in [3.05, 3.63) is 36.2 Å². The first-order valence-electron chi connectivity index (χ1n) is 6.46. The van der Waals surface area contributed by atoms with E-state index in [2.05, 4.69) is 44.3 Å². The van der Waals surface area contributed by atoms with E-state index in [1.54, 1.807) is 18.1 Å². The van der Waals surface area contributed by atoms with Crippen molar-refractivity contribution in [2.24, 2.45) is 0 Å². The summed E-state index contributed by atoms with van der Waals surface area (Å²) in [6.07, 6.45) is 1.65. The van der Waals surface area contributed by atoms with Gasteiger partial charge in [0.05, 0.1) is 6.33 Å². The van der Waals surface area contributed by atoms with Gasteiger partial charge in [0.2, 0.25) is 5.95 Å². The first-order chi connectivity index (χ1) is 9.78. The molecule has 0 amide bonds. The van der Waals surface area contributed by atoms with E-state index in [1.165, 1.54) is 10.5 Å². The summed E-state index contributed by atoms with van der Waals surface area (Å²) >= 11 is 1.63. The van der Waals surface area contributed by atoms with Crippen molar-refractivity contribution in [3.8, 4) is 0 Å². The van der Waals surface area contributed by atoms with Crippen molar-refractivity contribution in [1.29, 1.82) is 0 Å². The lowest BCUT2D eigenvalue weighted by atomic mass is 10.2. The fraction of sp³-hybridized carbons (Fsp3) is 0.214. The zero-order valence-electron chi connectivity index (χ0n) is 11.3. The predicted octanol–water partition coefficient (Wildman–Crippen LogP) is 3.24. The third kappa shape index (κ3) is 2.46. The molecule has 5 nitrogen and oxygen atoms in total. The molecule has 0 aliphatic rings.